The van der Waals surface area contributed by atoms with Crippen molar-refractivity contribution in [3.63, 3.8) is 0 Å². The Morgan fingerprint density at radius 3 is 2.86 bits per heavy atom. The molecule has 0 saturated heterocycles. The van der Waals surface area contributed by atoms with E-state index in [4.69, 9.17) is 4.74 Å². The second kappa shape index (κ2) is 5.68. The molecule has 0 aliphatic rings. The molecule has 1 aromatic rings. The minimum atomic E-state index is -0.318. The monoisotopic (exact) mass is 338 g/mol. The van der Waals surface area contributed by atoms with Gasteiger partial charge in [0.05, 0.1) is 10.4 Å². The molecule has 1 rings (SSSR count). The molecule has 0 spiro atoms. The number of carbonyl (C=O) groups is 1. The smallest absolute Gasteiger partial charge is 0.330 e. The molecule has 0 atom stereocenters. The van der Waals surface area contributed by atoms with Crippen LogP contribution in [0, 0.1) is 0 Å². The van der Waals surface area contributed by atoms with E-state index in [1.54, 1.807) is 24.3 Å². The summed E-state index contributed by atoms with van der Waals surface area (Å²) in [7, 11) is 0. The molecule has 2 nitrogen and oxygen atoms in total. The van der Waals surface area contributed by atoms with Gasteiger partial charge in [-0.15, -0.1) is 11.3 Å². The third-order valence-corrected chi connectivity index (χ3v) is 4.79. The van der Waals surface area contributed by atoms with Crippen molar-refractivity contribution in [1.82, 2.24) is 0 Å². The average Bonchev–Trinajstić information content (AvgIpc) is 2.46. The highest BCUT2D eigenvalue weighted by Crippen LogP contribution is 2.33. The molecule has 0 aromatic carbocycles. The van der Waals surface area contributed by atoms with Gasteiger partial charge in [-0.2, -0.15) is 0 Å². The molecule has 0 amide bonds. The zero-order chi connectivity index (χ0) is 10.6. The van der Waals surface area contributed by atoms with Crippen LogP contribution in [0.5, 0.6) is 0 Å². The van der Waals surface area contributed by atoms with Crippen LogP contribution in [0.25, 0.3) is 6.08 Å². The second-order valence-corrected chi connectivity index (χ2v) is 5.35. The summed E-state index contributed by atoms with van der Waals surface area (Å²) in [6.45, 7) is 2.18. The van der Waals surface area contributed by atoms with Crippen molar-refractivity contribution >= 4 is 55.2 Å². The van der Waals surface area contributed by atoms with Gasteiger partial charge >= 0.3 is 5.97 Å². The molecule has 76 valence electrons. The zero-order valence-corrected chi connectivity index (χ0v) is 11.4. The SMILES string of the molecule is CCOC(=O)/C=C/c1csc(Br)c1Br. The van der Waals surface area contributed by atoms with Gasteiger partial charge in [0.25, 0.3) is 0 Å². The summed E-state index contributed by atoms with van der Waals surface area (Å²) in [5, 5.41) is 1.95. The highest BCUT2D eigenvalue weighted by atomic mass is 79.9. The van der Waals surface area contributed by atoms with E-state index in [-0.39, 0.29) is 5.97 Å². The molecule has 5 heteroatoms. The van der Waals surface area contributed by atoms with Crippen LogP contribution < -0.4 is 0 Å². The lowest BCUT2D eigenvalue weighted by molar-refractivity contribution is -0.137. The summed E-state index contributed by atoms with van der Waals surface area (Å²) in [5.41, 5.74) is 0.968. The lowest BCUT2D eigenvalue weighted by atomic mass is 10.3. The predicted octanol–water partition coefficient (Wildman–Crippen LogP) is 3.85. The third-order valence-electron chi connectivity index (χ3n) is 1.40. The van der Waals surface area contributed by atoms with Crippen molar-refractivity contribution in [3.05, 3.63) is 25.3 Å². The number of carbonyl (C=O) groups excluding carboxylic acids is 1. The number of thiophene rings is 1. The van der Waals surface area contributed by atoms with Crippen LogP contribution in [0.2, 0.25) is 0 Å². The Labute approximate surface area is 103 Å². The molecule has 0 fully saturated rings. The van der Waals surface area contributed by atoms with E-state index in [9.17, 15) is 4.79 Å². The number of ether oxygens (including phenoxy) is 1. The van der Waals surface area contributed by atoms with E-state index in [0.717, 1.165) is 13.8 Å². The molecule has 0 aliphatic heterocycles. The van der Waals surface area contributed by atoms with Crippen LogP contribution >= 0.6 is 43.2 Å². The molecule has 0 radical (unpaired) electrons. The number of hydrogen-bond acceptors (Lipinski definition) is 3. The van der Waals surface area contributed by atoms with Crippen LogP contribution in [0.15, 0.2) is 19.7 Å². The molecule has 1 heterocycles. The van der Waals surface area contributed by atoms with Crippen molar-refractivity contribution in [3.8, 4) is 0 Å². The topological polar surface area (TPSA) is 26.3 Å². The Morgan fingerprint density at radius 1 is 1.64 bits per heavy atom. The van der Waals surface area contributed by atoms with Crippen molar-refractivity contribution in [2.24, 2.45) is 0 Å². The summed E-state index contributed by atoms with van der Waals surface area (Å²) in [4.78, 5) is 11.0. The fourth-order valence-electron chi connectivity index (χ4n) is 0.793. The van der Waals surface area contributed by atoms with Crippen LogP contribution in [0.3, 0.4) is 0 Å². The van der Waals surface area contributed by atoms with Crippen molar-refractivity contribution in [2.75, 3.05) is 6.61 Å². The molecule has 14 heavy (non-hydrogen) atoms. The van der Waals surface area contributed by atoms with Gasteiger partial charge in [0, 0.05) is 21.5 Å². The Kier molecular flexibility index (Phi) is 4.84. The summed E-state index contributed by atoms with van der Waals surface area (Å²) in [5.74, 6) is -0.318. The van der Waals surface area contributed by atoms with Crippen LogP contribution in [0.1, 0.15) is 12.5 Å². The highest BCUT2D eigenvalue weighted by Gasteiger charge is 2.04. The highest BCUT2D eigenvalue weighted by molar-refractivity contribution is 9.13. The van der Waals surface area contributed by atoms with Crippen LogP contribution in [-0.2, 0) is 9.53 Å². The predicted molar refractivity (Wildman–Crippen MR) is 65.4 cm³/mol. The minimum Gasteiger partial charge on any atom is -0.463 e. The zero-order valence-electron chi connectivity index (χ0n) is 7.42. The Bertz CT molecular complexity index is 358. The van der Waals surface area contributed by atoms with E-state index in [1.165, 1.54) is 6.08 Å². The standard InChI is InChI=1S/C9H8Br2O2S/c1-2-13-7(12)4-3-6-5-14-9(11)8(6)10/h3-5H,2H2,1H3/b4-3+. The molecule has 1 aromatic heterocycles. The van der Waals surface area contributed by atoms with E-state index in [1.807, 2.05) is 5.38 Å². The van der Waals surface area contributed by atoms with Crippen molar-refractivity contribution in [1.29, 1.82) is 0 Å². The average molecular weight is 340 g/mol. The second-order valence-electron chi connectivity index (χ2n) is 2.36. The minimum absolute atomic E-state index is 0.318. The molecule has 0 aliphatic carbocycles. The molecule has 0 unspecified atom stereocenters. The van der Waals surface area contributed by atoms with Gasteiger partial charge < -0.3 is 4.74 Å². The van der Waals surface area contributed by atoms with E-state index in [2.05, 4.69) is 31.9 Å². The summed E-state index contributed by atoms with van der Waals surface area (Å²) in [6, 6.07) is 0. The largest absolute Gasteiger partial charge is 0.463 e. The molecular weight excluding hydrogens is 332 g/mol. The Morgan fingerprint density at radius 2 is 2.36 bits per heavy atom. The first-order valence-electron chi connectivity index (χ1n) is 3.92. The van der Waals surface area contributed by atoms with E-state index < -0.39 is 0 Å². The normalized spacial score (nSPS) is 10.8. The number of rotatable bonds is 3. The number of esters is 1. The molecule has 0 saturated carbocycles. The third kappa shape index (κ3) is 3.22. The molecular formula is C9H8Br2O2S. The lowest BCUT2D eigenvalue weighted by Gasteiger charge is -1.94. The van der Waals surface area contributed by atoms with Crippen molar-refractivity contribution in [2.45, 2.75) is 6.92 Å². The first-order valence-corrected chi connectivity index (χ1v) is 6.39. The van der Waals surface area contributed by atoms with Gasteiger partial charge in [-0.25, -0.2) is 4.79 Å². The maximum atomic E-state index is 11.0. The number of hydrogen-bond donors (Lipinski definition) is 0. The first kappa shape index (κ1) is 11.9. The van der Waals surface area contributed by atoms with Crippen LogP contribution in [0.4, 0.5) is 0 Å². The molecule has 0 N–H and O–H groups in total. The van der Waals surface area contributed by atoms with E-state index in [0.29, 0.717) is 6.61 Å². The van der Waals surface area contributed by atoms with Gasteiger partial charge in [0.2, 0.25) is 0 Å². The van der Waals surface area contributed by atoms with Gasteiger partial charge in [0.15, 0.2) is 0 Å². The Balaban J connectivity index is 2.69. The van der Waals surface area contributed by atoms with Gasteiger partial charge in [0.1, 0.15) is 0 Å². The summed E-state index contributed by atoms with van der Waals surface area (Å²) in [6.07, 6.45) is 3.14. The maximum Gasteiger partial charge on any atom is 0.330 e. The van der Waals surface area contributed by atoms with Gasteiger partial charge in [-0.05, 0) is 44.9 Å². The fraction of sp³-hybridized carbons (Fsp3) is 0.222. The fourth-order valence-corrected chi connectivity index (χ4v) is 2.63. The van der Waals surface area contributed by atoms with Gasteiger partial charge in [-0.3, -0.25) is 0 Å². The maximum absolute atomic E-state index is 11.0. The van der Waals surface area contributed by atoms with E-state index >= 15 is 0 Å². The Hall–Kier alpha value is -0.130. The van der Waals surface area contributed by atoms with Gasteiger partial charge in [-0.1, -0.05) is 0 Å². The first-order chi connectivity index (χ1) is 6.65. The van der Waals surface area contributed by atoms with Crippen LogP contribution in [-0.4, -0.2) is 12.6 Å². The quantitative estimate of drug-likeness (QED) is 0.617. The summed E-state index contributed by atoms with van der Waals surface area (Å²) >= 11 is 8.34. The van der Waals surface area contributed by atoms with Crippen molar-refractivity contribution < 1.29 is 9.53 Å². The summed E-state index contributed by atoms with van der Waals surface area (Å²) < 4.78 is 6.74. The lowest BCUT2D eigenvalue weighted by Crippen LogP contribution is -1.98. The number of halogens is 2. The molecule has 0 bridgehead atoms.